The third-order valence-electron chi connectivity index (χ3n) is 2.51. The zero-order chi connectivity index (χ0) is 7.03. The van der Waals surface area contributed by atoms with E-state index in [-0.39, 0.29) is 5.60 Å². The second kappa shape index (κ2) is 2.19. The molecule has 0 saturated carbocycles. The molecule has 2 rings (SSSR count). The van der Waals surface area contributed by atoms with Crippen molar-refractivity contribution in [3.8, 4) is 0 Å². The average Bonchev–Trinajstić information content (AvgIpc) is 2.29. The molecule has 2 fully saturated rings. The van der Waals surface area contributed by atoms with Crippen molar-refractivity contribution in [1.29, 1.82) is 0 Å². The second-order valence-corrected chi connectivity index (χ2v) is 3.40. The Hall–Kier alpha value is -0.120. The van der Waals surface area contributed by atoms with Crippen LogP contribution < -0.4 is 11.1 Å². The lowest BCUT2D eigenvalue weighted by Crippen LogP contribution is -2.59. The Morgan fingerprint density at radius 1 is 1.60 bits per heavy atom. The van der Waals surface area contributed by atoms with Gasteiger partial charge < -0.3 is 15.8 Å². The third-order valence-corrected chi connectivity index (χ3v) is 2.51. The van der Waals surface area contributed by atoms with Gasteiger partial charge in [0.2, 0.25) is 0 Å². The van der Waals surface area contributed by atoms with E-state index in [4.69, 9.17) is 10.5 Å². The van der Waals surface area contributed by atoms with Gasteiger partial charge in [0.25, 0.3) is 0 Å². The Morgan fingerprint density at radius 3 is 2.70 bits per heavy atom. The summed E-state index contributed by atoms with van der Waals surface area (Å²) in [7, 11) is 0. The topological polar surface area (TPSA) is 47.3 Å². The van der Waals surface area contributed by atoms with Crippen LogP contribution in [0.5, 0.6) is 0 Å². The Kier molecular flexibility index (Phi) is 1.44. The summed E-state index contributed by atoms with van der Waals surface area (Å²) in [5.74, 6) is 0.613. The predicted molar refractivity (Wildman–Crippen MR) is 38.7 cm³/mol. The molecule has 1 atom stereocenters. The van der Waals surface area contributed by atoms with Gasteiger partial charge in [-0.05, 0) is 18.9 Å². The van der Waals surface area contributed by atoms with Crippen LogP contribution in [-0.2, 0) is 4.74 Å². The lowest BCUT2D eigenvalue weighted by atomic mass is 9.89. The Labute approximate surface area is 60.9 Å². The van der Waals surface area contributed by atoms with Crippen molar-refractivity contribution >= 4 is 0 Å². The maximum atomic E-state index is 5.64. The molecule has 2 saturated heterocycles. The van der Waals surface area contributed by atoms with Crippen LogP contribution >= 0.6 is 0 Å². The van der Waals surface area contributed by atoms with E-state index in [1.807, 2.05) is 0 Å². The van der Waals surface area contributed by atoms with Crippen molar-refractivity contribution in [2.45, 2.75) is 12.0 Å². The fourth-order valence-electron chi connectivity index (χ4n) is 1.74. The highest BCUT2D eigenvalue weighted by Gasteiger charge is 2.44. The van der Waals surface area contributed by atoms with Crippen LogP contribution in [0.2, 0.25) is 0 Å². The van der Waals surface area contributed by atoms with Gasteiger partial charge >= 0.3 is 0 Å². The van der Waals surface area contributed by atoms with Gasteiger partial charge in [-0.1, -0.05) is 0 Å². The predicted octanol–water partition coefficient (Wildman–Crippen LogP) is -0.676. The van der Waals surface area contributed by atoms with Gasteiger partial charge in [-0.2, -0.15) is 0 Å². The molecule has 58 valence electrons. The summed E-state index contributed by atoms with van der Waals surface area (Å²) in [6.45, 7) is 3.72. The largest absolute Gasteiger partial charge is 0.372 e. The first-order valence-electron chi connectivity index (χ1n) is 3.89. The number of nitrogens with two attached hydrogens (primary N) is 1. The molecular weight excluding hydrogens is 128 g/mol. The van der Waals surface area contributed by atoms with E-state index in [1.165, 1.54) is 0 Å². The Balaban J connectivity index is 1.92. The minimum Gasteiger partial charge on any atom is -0.372 e. The van der Waals surface area contributed by atoms with Gasteiger partial charge in [0.1, 0.15) is 0 Å². The lowest BCUT2D eigenvalue weighted by molar-refractivity contribution is -0.0362. The van der Waals surface area contributed by atoms with Crippen LogP contribution in [0.15, 0.2) is 0 Å². The molecule has 0 aliphatic carbocycles. The molecule has 3 N–H and O–H groups in total. The first kappa shape index (κ1) is 6.58. The van der Waals surface area contributed by atoms with Gasteiger partial charge in [0.15, 0.2) is 0 Å². The van der Waals surface area contributed by atoms with Gasteiger partial charge in [0, 0.05) is 13.1 Å². The smallest absolute Gasteiger partial charge is 0.0933 e. The standard InChI is InChI=1S/C7H14N2O/c8-2-6-1-7(10-3-6)4-9-5-7/h6,9H,1-5,8H2. The van der Waals surface area contributed by atoms with Gasteiger partial charge in [-0.25, -0.2) is 0 Å². The van der Waals surface area contributed by atoms with Crippen LogP contribution in [0, 0.1) is 5.92 Å². The number of ether oxygens (including phenoxy) is 1. The van der Waals surface area contributed by atoms with Crippen LogP contribution in [0.25, 0.3) is 0 Å². The summed E-state index contributed by atoms with van der Waals surface area (Å²) >= 11 is 0. The van der Waals surface area contributed by atoms with E-state index < -0.39 is 0 Å². The van der Waals surface area contributed by atoms with E-state index in [1.54, 1.807) is 0 Å². The number of nitrogens with one attached hydrogen (secondary N) is 1. The maximum Gasteiger partial charge on any atom is 0.0933 e. The van der Waals surface area contributed by atoms with Gasteiger partial charge in [0.05, 0.1) is 12.2 Å². The lowest BCUT2D eigenvalue weighted by Gasteiger charge is -2.38. The molecule has 3 heteroatoms. The van der Waals surface area contributed by atoms with Crippen LogP contribution in [0.3, 0.4) is 0 Å². The van der Waals surface area contributed by atoms with Crippen LogP contribution in [0.4, 0.5) is 0 Å². The molecule has 2 heterocycles. The van der Waals surface area contributed by atoms with Crippen molar-refractivity contribution in [3.63, 3.8) is 0 Å². The molecular formula is C7H14N2O. The molecule has 0 amide bonds. The van der Waals surface area contributed by atoms with Crippen molar-refractivity contribution in [1.82, 2.24) is 5.32 Å². The highest BCUT2D eigenvalue weighted by atomic mass is 16.5. The summed E-state index contributed by atoms with van der Waals surface area (Å²) in [5, 5.41) is 3.22. The fraction of sp³-hybridized carbons (Fsp3) is 1.00. The van der Waals surface area contributed by atoms with E-state index in [0.717, 1.165) is 32.7 Å². The molecule has 0 aromatic carbocycles. The minimum absolute atomic E-state index is 0.198. The number of rotatable bonds is 1. The normalized spacial score (nSPS) is 36.3. The van der Waals surface area contributed by atoms with E-state index in [9.17, 15) is 0 Å². The Bertz CT molecular complexity index is 134. The fourth-order valence-corrected chi connectivity index (χ4v) is 1.74. The molecule has 0 radical (unpaired) electrons. The van der Waals surface area contributed by atoms with Gasteiger partial charge in [-0.15, -0.1) is 0 Å². The van der Waals surface area contributed by atoms with Crippen LogP contribution in [0.1, 0.15) is 6.42 Å². The molecule has 0 bridgehead atoms. The Morgan fingerprint density at radius 2 is 2.40 bits per heavy atom. The monoisotopic (exact) mass is 142 g/mol. The molecule has 3 nitrogen and oxygen atoms in total. The zero-order valence-electron chi connectivity index (χ0n) is 6.10. The zero-order valence-corrected chi connectivity index (χ0v) is 6.10. The van der Waals surface area contributed by atoms with E-state index in [2.05, 4.69) is 5.32 Å². The molecule has 0 aromatic rings. The number of hydrogen-bond acceptors (Lipinski definition) is 3. The summed E-state index contributed by atoms with van der Waals surface area (Å²) in [6, 6.07) is 0. The molecule has 0 aromatic heterocycles. The van der Waals surface area contributed by atoms with E-state index in [0.29, 0.717) is 5.92 Å². The average molecular weight is 142 g/mol. The van der Waals surface area contributed by atoms with Crippen molar-refractivity contribution in [2.75, 3.05) is 26.2 Å². The van der Waals surface area contributed by atoms with Gasteiger partial charge in [-0.3, -0.25) is 0 Å². The molecule has 10 heavy (non-hydrogen) atoms. The molecule has 2 aliphatic heterocycles. The second-order valence-electron chi connectivity index (χ2n) is 3.40. The van der Waals surface area contributed by atoms with E-state index >= 15 is 0 Å². The molecule has 1 unspecified atom stereocenters. The van der Waals surface area contributed by atoms with Crippen LogP contribution in [-0.4, -0.2) is 31.8 Å². The summed E-state index contributed by atoms with van der Waals surface area (Å²) in [5.41, 5.74) is 5.73. The third kappa shape index (κ3) is 0.856. The van der Waals surface area contributed by atoms with Crippen molar-refractivity contribution in [2.24, 2.45) is 11.7 Å². The quantitative estimate of drug-likeness (QED) is 0.510. The summed E-state index contributed by atoms with van der Waals surface area (Å²) in [6.07, 6.45) is 1.16. The first-order chi connectivity index (χ1) is 4.85. The highest BCUT2D eigenvalue weighted by molar-refractivity contribution is 4.99. The highest BCUT2D eigenvalue weighted by Crippen LogP contribution is 2.32. The molecule has 1 spiro atoms. The SMILES string of the molecule is NCC1COC2(CNC2)C1. The number of hydrogen-bond donors (Lipinski definition) is 2. The summed E-state index contributed by atoms with van der Waals surface area (Å²) in [4.78, 5) is 0. The van der Waals surface area contributed by atoms with Crippen molar-refractivity contribution in [3.05, 3.63) is 0 Å². The molecule has 2 aliphatic rings. The summed E-state index contributed by atoms with van der Waals surface area (Å²) < 4.78 is 5.64. The maximum absolute atomic E-state index is 5.64. The first-order valence-corrected chi connectivity index (χ1v) is 3.89. The van der Waals surface area contributed by atoms with Crippen molar-refractivity contribution < 1.29 is 4.74 Å². The minimum atomic E-state index is 0.198.